The number of carbonyl (C=O) groups is 1. The highest BCUT2D eigenvalue weighted by molar-refractivity contribution is 5.89. The molecule has 26 heavy (non-hydrogen) atoms. The van der Waals surface area contributed by atoms with Crippen LogP contribution in [0, 0.1) is 11.3 Å². The molecule has 0 aliphatic heterocycles. The number of esters is 1. The van der Waals surface area contributed by atoms with Gasteiger partial charge in [-0.25, -0.2) is 4.79 Å². The van der Waals surface area contributed by atoms with Crippen molar-refractivity contribution in [2.45, 2.75) is 13.5 Å². The van der Waals surface area contributed by atoms with Crippen LogP contribution < -0.4 is 0 Å². The molecule has 130 valence electrons. The fourth-order valence-corrected chi connectivity index (χ4v) is 2.74. The van der Waals surface area contributed by atoms with E-state index < -0.39 is 0 Å². The monoisotopic (exact) mass is 346 g/mol. The molecule has 0 aliphatic rings. The van der Waals surface area contributed by atoms with Crippen molar-refractivity contribution < 1.29 is 14.6 Å². The van der Waals surface area contributed by atoms with Crippen LogP contribution in [0.4, 0.5) is 0 Å². The van der Waals surface area contributed by atoms with Gasteiger partial charge in [-0.2, -0.15) is 5.26 Å². The largest absolute Gasteiger partial charge is 0.462 e. The summed E-state index contributed by atoms with van der Waals surface area (Å²) in [7, 11) is 0. The highest BCUT2D eigenvalue weighted by Gasteiger charge is 2.11. The number of nitrogens with zero attached hydrogens (tertiary/aromatic N) is 2. The molecule has 0 aliphatic carbocycles. The van der Waals surface area contributed by atoms with Crippen LogP contribution in [0.25, 0.3) is 16.8 Å². The van der Waals surface area contributed by atoms with E-state index in [1.807, 2.05) is 35.0 Å². The van der Waals surface area contributed by atoms with Gasteiger partial charge in [0.25, 0.3) is 0 Å². The van der Waals surface area contributed by atoms with Gasteiger partial charge in [0.2, 0.25) is 0 Å². The van der Waals surface area contributed by atoms with E-state index in [-0.39, 0.29) is 12.6 Å². The summed E-state index contributed by atoms with van der Waals surface area (Å²) in [5.41, 5.74) is 4.30. The van der Waals surface area contributed by atoms with E-state index in [1.54, 1.807) is 37.4 Å². The van der Waals surface area contributed by atoms with Gasteiger partial charge in [0.1, 0.15) is 6.07 Å². The Morgan fingerprint density at radius 1 is 1.19 bits per heavy atom. The standard InChI is InChI=1S/C21H18N2O3/c1-2-26-21(25)16-6-8-19(9-7-16)23-12-18(11-22)20(13-23)17-5-3-4-15(10-17)14-24/h3-10,12-13,24H,2,14H2,1H3. The van der Waals surface area contributed by atoms with Gasteiger partial charge in [0.15, 0.2) is 0 Å². The minimum atomic E-state index is -0.356. The number of aromatic nitrogens is 1. The predicted molar refractivity (Wildman–Crippen MR) is 97.8 cm³/mol. The second-order valence-corrected chi connectivity index (χ2v) is 5.73. The molecule has 1 aromatic heterocycles. The third-order valence-electron chi connectivity index (χ3n) is 4.04. The van der Waals surface area contributed by atoms with Gasteiger partial charge < -0.3 is 14.4 Å². The van der Waals surface area contributed by atoms with Crippen LogP contribution in [0.2, 0.25) is 0 Å². The maximum atomic E-state index is 11.7. The van der Waals surface area contributed by atoms with Crippen molar-refractivity contribution in [3.8, 4) is 22.9 Å². The molecule has 0 amide bonds. The molecule has 3 rings (SSSR count). The zero-order valence-electron chi connectivity index (χ0n) is 14.3. The third kappa shape index (κ3) is 3.51. The molecule has 3 aromatic rings. The van der Waals surface area contributed by atoms with Gasteiger partial charge in [-0.3, -0.25) is 0 Å². The number of ether oxygens (including phenoxy) is 1. The van der Waals surface area contributed by atoms with Gasteiger partial charge in [-0.05, 0) is 48.4 Å². The Bertz CT molecular complexity index is 966. The van der Waals surface area contributed by atoms with Crippen LogP contribution in [0.1, 0.15) is 28.4 Å². The second-order valence-electron chi connectivity index (χ2n) is 5.73. The average molecular weight is 346 g/mol. The first-order chi connectivity index (χ1) is 12.7. The van der Waals surface area contributed by atoms with Gasteiger partial charge in [-0.1, -0.05) is 18.2 Å². The maximum absolute atomic E-state index is 11.7. The summed E-state index contributed by atoms with van der Waals surface area (Å²) in [6, 6.07) is 16.7. The van der Waals surface area contributed by atoms with Crippen molar-refractivity contribution in [1.82, 2.24) is 4.57 Å². The highest BCUT2D eigenvalue weighted by Crippen LogP contribution is 2.27. The normalized spacial score (nSPS) is 10.3. The second kappa shape index (κ2) is 7.68. The Morgan fingerprint density at radius 3 is 2.62 bits per heavy atom. The van der Waals surface area contributed by atoms with Gasteiger partial charge in [0, 0.05) is 23.6 Å². The fourth-order valence-electron chi connectivity index (χ4n) is 2.74. The molecule has 0 saturated carbocycles. The summed E-state index contributed by atoms with van der Waals surface area (Å²) < 4.78 is 6.83. The minimum absolute atomic E-state index is 0.0498. The Morgan fingerprint density at radius 2 is 1.96 bits per heavy atom. The van der Waals surface area contributed by atoms with Crippen LogP contribution in [0.15, 0.2) is 60.9 Å². The van der Waals surface area contributed by atoms with E-state index in [4.69, 9.17) is 4.74 Å². The zero-order chi connectivity index (χ0) is 18.5. The number of benzene rings is 2. The zero-order valence-corrected chi connectivity index (χ0v) is 14.3. The molecule has 0 unspecified atom stereocenters. The average Bonchev–Trinajstić information content (AvgIpc) is 3.13. The Hall–Kier alpha value is -3.36. The SMILES string of the molecule is CCOC(=O)c1ccc(-n2cc(C#N)c(-c3cccc(CO)c3)c2)cc1. The molecule has 0 saturated heterocycles. The number of aliphatic hydroxyl groups excluding tert-OH is 1. The van der Waals surface area contributed by atoms with E-state index in [9.17, 15) is 15.2 Å². The van der Waals surface area contributed by atoms with E-state index in [1.165, 1.54) is 0 Å². The van der Waals surface area contributed by atoms with Crippen molar-refractivity contribution in [2.75, 3.05) is 6.61 Å². The summed E-state index contributed by atoms with van der Waals surface area (Å²) in [4.78, 5) is 11.7. The first-order valence-electron chi connectivity index (χ1n) is 8.26. The van der Waals surface area contributed by atoms with Crippen molar-refractivity contribution in [1.29, 1.82) is 5.26 Å². The minimum Gasteiger partial charge on any atom is -0.462 e. The molecule has 0 radical (unpaired) electrons. The topological polar surface area (TPSA) is 75.2 Å². The number of rotatable bonds is 5. The first kappa shape index (κ1) is 17.5. The fraction of sp³-hybridized carbons (Fsp3) is 0.143. The van der Waals surface area contributed by atoms with Gasteiger partial charge in [-0.15, -0.1) is 0 Å². The van der Waals surface area contributed by atoms with E-state index in [0.717, 1.165) is 22.4 Å². The lowest BCUT2D eigenvalue weighted by atomic mass is 10.0. The molecule has 0 atom stereocenters. The maximum Gasteiger partial charge on any atom is 0.338 e. The first-order valence-corrected chi connectivity index (χ1v) is 8.26. The molecule has 5 nitrogen and oxygen atoms in total. The smallest absolute Gasteiger partial charge is 0.338 e. The Balaban J connectivity index is 1.96. The molecular weight excluding hydrogens is 328 g/mol. The predicted octanol–water partition coefficient (Wildman–Crippen LogP) is 3.68. The van der Waals surface area contributed by atoms with Crippen LogP contribution in [0.5, 0.6) is 0 Å². The Labute approximate surface area is 151 Å². The molecule has 5 heteroatoms. The van der Waals surface area contributed by atoms with Crippen molar-refractivity contribution in [3.63, 3.8) is 0 Å². The molecule has 0 spiro atoms. The van der Waals surface area contributed by atoms with Crippen LogP contribution in [-0.4, -0.2) is 22.2 Å². The summed E-state index contributed by atoms with van der Waals surface area (Å²) in [6.07, 6.45) is 3.62. The molecule has 0 fully saturated rings. The highest BCUT2D eigenvalue weighted by atomic mass is 16.5. The van der Waals surface area contributed by atoms with Crippen molar-refractivity contribution in [3.05, 3.63) is 77.6 Å². The molecular formula is C21H18N2O3. The third-order valence-corrected chi connectivity index (χ3v) is 4.04. The molecule has 2 aromatic carbocycles. The lowest BCUT2D eigenvalue weighted by Gasteiger charge is -2.05. The summed E-state index contributed by atoms with van der Waals surface area (Å²) >= 11 is 0. The van der Waals surface area contributed by atoms with Crippen molar-refractivity contribution >= 4 is 5.97 Å². The molecule has 0 bridgehead atoms. The lowest BCUT2D eigenvalue weighted by Crippen LogP contribution is -2.04. The number of nitriles is 1. The molecule has 1 N–H and O–H groups in total. The lowest BCUT2D eigenvalue weighted by molar-refractivity contribution is 0.0526. The van der Waals surface area contributed by atoms with E-state index in [2.05, 4.69) is 6.07 Å². The quantitative estimate of drug-likeness (QED) is 0.715. The number of aliphatic hydroxyl groups is 1. The van der Waals surface area contributed by atoms with Gasteiger partial charge in [0.05, 0.1) is 24.3 Å². The van der Waals surface area contributed by atoms with Crippen LogP contribution in [0.3, 0.4) is 0 Å². The summed E-state index contributed by atoms with van der Waals surface area (Å²) in [5.74, 6) is -0.356. The van der Waals surface area contributed by atoms with Gasteiger partial charge >= 0.3 is 5.97 Å². The van der Waals surface area contributed by atoms with Crippen molar-refractivity contribution in [2.24, 2.45) is 0 Å². The molecule has 1 heterocycles. The number of hydrogen-bond acceptors (Lipinski definition) is 4. The number of hydrogen-bond donors (Lipinski definition) is 1. The van der Waals surface area contributed by atoms with Crippen LogP contribution in [-0.2, 0) is 11.3 Å². The summed E-state index contributed by atoms with van der Waals surface area (Å²) in [6.45, 7) is 2.05. The number of carbonyl (C=O) groups excluding carboxylic acids is 1. The van der Waals surface area contributed by atoms with Crippen LogP contribution >= 0.6 is 0 Å². The van der Waals surface area contributed by atoms with E-state index in [0.29, 0.717) is 17.7 Å². The Kier molecular flexibility index (Phi) is 5.16. The summed E-state index contributed by atoms with van der Waals surface area (Å²) in [5, 5.41) is 18.8. The van der Waals surface area contributed by atoms with E-state index >= 15 is 0 Å².